The maximum atomic E-state index is 14.1. The lowest BCUT2D eigenvalue weighted by atomic mass is 10.0. The Morgan fingerprint density at radius 2 is 2.29 bits per heavy atom. The molecule has 3 rings (SSSR count). The molecular weight excluding hydrogens is 271 g/mol. The first-order chi connectivity index (χ1) is 10.2. The number of carbonyl (C=O) groups is 1. The minimum Gasteiger partial charge on any atom is -0.377 e. The fourth-order valence-corrected chi connectivity index (χ4v) is 2.52. The van der Waals surface area contributed by atoms with Gasteiger partial charge in [-0.1, -0.05) is 0 Å². The Morgan fingerprint density at radius 3 is 3.10 bits per heavy atom. The summed E-state index contributed by atoms with van der Waals surface area (Å²) < 4.78 is 15.9. The van der Waals surface area contributed by atoms with Crippen LogP contribution in [0.3, 0.4) is 0 Å². The number of hydrogen-bond donors (Lipinski definition) is 2. The molecule has 0 atom stereocenters. The zero-order valence-corrected chi connectivity index (χ0v) is 11.8. The van der Waals surface area contributed by atoms with Crippen LogP contribution < -0.4 is 10.6 Å². The van der Waals surface area contributed by atoms with Crippen LogP contribution in [-0.2, 0) is 24.3 Å². The van der Waals surface area contributed by atoms with Gasteiger partial charge in [-0.15, -0.1) is 0 Å². The number of hydrogen-bond acceptors (Lipinski definition) is 3. The lowest BCUT2D eigenvalue weighted by molar-refractivity contribution is -0.116. The maximum Gasteiger partial charge on any atom is 0.224 e. The van der Waals surface area contributed by atoms with Crippen LogP contribution in [0.2, 0.25) is 0 Å². The molecule has 0 spiro atoms. The number of amides is 1. The number of anilines is 2. The van der Waals surface area contributed by atoms with E-state index in [4.69, 9.17) is 0 Å². The highest BCUT2D eigenvalue weighted by molar-refractivity contribution is 5.94. The molecule has 0 radical (unpaired) electrons. The average Bonchev–Trinajstić information content (AvgIpc) is 2.92. The van der Waals surface area contributed by atoms with Crippen LogP contribution in [0.5, 0.6) is 0 Å². The zero-order valence-electron chi connectivity index (χ0n) is 11.8. The smallest absolute Gasteiger partial charge is 0.224 e. The van der Waals surface area contributed by atoms with Crippen LogP contribution in [-0.4, -0.2) is 15.7 Å². The molecule has 1 aromatic heterocycles. The normalized spacial score (nSPS) is 13.7. The second kappa shape index (κ2) is 5.55. The van der Waals surface area contributed by atoms with Gasteiger partial charge < -0.3 is 10.6 Å². The van der Waals surface area contributed by atoms with Crippen LogP contribution in [0.4, 0.5) is 15.8 Å². The quantitative estimate of drug-likeness (QED) is 0.909. The van der Waals surface area contributed by atoms with E-state index in [0.717, 1.165) is 17.8 Å². The Hall–Kier alpha value is -2.37. The van der Waals surface area contributed by atoms with Gasteiger partial charge in [0.15, 0.2) is 0 Å². The molecule has 110 valence electrons. The van der Waals surface area contributed by atoms with E-state index in [2.05, 4.69) is 15.7 Å². The summed E-state index contributed by atoms with van der Waals surface area (Å²) in [5.74, 6) is -0.423. The molecule has 2 aromatic rings. The third-order valence-corrected chi connectivity index (χ3v) is 3.65. The van der Waals surface area contributed by atoms with E-state index in [9.17, 15) is 9.18 Å². The number of halogens is 1. The Kier molecular flexibility index (Phi) is 3.60. The zero-order chi connectivity index (χ0) is 14.8. The molecule has 0 aliphatic carbocycles. The molecule has 0 saturated carbocycles. The Balaban J connectivity index is 1.78. The molecule has 0 fully saturated rings. The summed E-state index contributed by atoms with van der Waals surface area (Å²) in [6, 6.07) is 5.07. The Morgan fingerprint density at radius 1 is 1.43 bits per heavy atom. The highest BCUT2D eigenvalue weighted by Gasteiger charge is 2.17. The van der Waals surface area contributed by atoms with Crippen molar-refractivity contribution in [3.05, 3.63) is 41.5 Å². The topological polar surface area (TPSA) is 59.0 Å². The van der Waals surface area contributed by atoms with E-state index in [1.807, 2.05) is 17.7 Å². The van der Waals surface area contributed by atoms with E-state index in [1.165, 1.54) is 6.07 Å². The highest BCUT2D eigenvalue weighted by atomic mass is 19.1. The van der Waals surface area contributed by atoms with Gasteiger partial charge in [0.05, 0.1) is 17.9 Å². The van der Waals surface area contributed by atoms with Crippen molar-refractivity contribution in [2.45, 2.75) is 32.9 Å². The molecule has 1 amide bonds. The van der Waals surface area contributed by atoms with Crippen molar-refractivity contribution in [1.82, 2.24) is 9.78 Å². The molecule has 5 nitrogen and oxygen atoms in total. The number of fused-ring (bicyclic) bond motifs is 1. The van der Waals surface area contributed by atoms with Gasteiger partial charge in [0.25, 0.3) is 0 Å². The molecular formula is C15H17FN4O. The maximum absolute atomic E-state index is 14.1. The summed E-state index contributed by atoms with van der Waals surface area (Å²) in [4.78, 5) is 11.3. The van der Waals surface area contributed by atoms with Gasteiger partial charge in [0.1, 0.15) is 5.82 Å². The number of aromatic nitrogens is 2. The first kappa shape index (κ1) is 13.6. The third kappa shape index (κ3) is 2.74. The molecule has 2 heterocycles. The van der Waals surface area contributed by atoms with Crippen LogP contribution in [0.1, 0.15) is 24.6 Å². The molecule has 6 heteroatoms. The molecule has 0 unspecified atom stereocenters. The summed E-state index contributed by atoms with van der Waals surface area (Å²) in [6.45, 7) is 3.30. The van der Waals surface area contributed by atoms with E-state index in [0.29, 0.717) is 30.8 Å². The predicted molar refractivity (Wildman–Crippen MR) is 78.6 cm³/mol. The SMILES string of the molecule is CCn1nccc1CNc1cc2c(cc1F)NC(=O)CC2. The molecule has 21 heavy (non-hydrogen) atoms. The van der Waals surface area contributed by atoms with Gasteiger partial charge in [-0.2, -0.15) is 5.10 Å². The van der Waals surface area contributed by atoms with Crippen LogP contribution in [0, 0.1) is 5.82 Å². The van der Waals surface area contributed by atoms with Gasteiger partial charge in [0.2, 0.25) is 5.91 Å². The number of aryl methyl sites for hydroxylation is 2. The summed E-state index contributed by atoms with van der Waals surface area (Å²) >= 11 is 0. The number of carbonyl (C=O) groups excluding carboxylic acids is 1. The van der Waals surface area contributed by atoms with Crippen molar-refractivity contribution in [2.24, 2.45) is 0 Å². The van der Waals surface area contributed by atoms with Crippen LogP contribution in [0.25, 0.3) is 0 Å². The lowest BCUT2D eigenvalue weighted by Gasteiger charge is -2.19. The van der Waals surface area contributed by atoms with E-state index >= 15 is 0 Å². The predicted octanol–water partition coefficient (Wildman–Crippen LogP) is 2.54. The fourth-order valence-electron chi connectivity index (χ4n) is 2.52. The van der Waals surface area contributed by atoms with E-state index in [1.54, 1.807) is 12.3 Å². The van der Waals surface area contributed by atoms with Crippen molar-refractivity contribution in [2.75, 3.05) is 10.6 Å². The molecule has 1 aromatic carbocycles. The van der Waals surface area contributed by atoms with Gasteiger partial charge in [-0.25, -0.2) is 4.39 Å². The minimum atomic E-state index is -0.362. The largest absolute Gasteiger partial charge is 0.377 e. The van der Waals surface area contributed by atoms with Crippen molar-refractivity contribution in [3.8, 4) is 0 Å². The summed E-state index contributed by atoms with van der Waals surface area (Å²) in [5.41, 5.74) is 2.99. The summed E-state index contributed by atoms with van der Waals surface area (Å²) in [7, 11) is 0. The summed E-state index contributed by atoms with van der Waals surface area (Å²) in [6.07, 6.45) is 2.82. The first-order valence-corrected chi connectivity index (χ1v) is 7.04. The summed E-state index contributed by atoms with van der Waals surface area (Å²) in [5, 5.41) is 9.98. The van der Waals surface area contributed by atoms with E-state index in [-0.39, 0.29) is 11.7 Å². The average molecular weight is 288 g/mol. The molecule has 0 bridgehead atoms. The van der Waals surface area contributed by atoms with Crippen molar-refractivity contribution < 1.29 is 9.18 Å². The minimum absolute atomic E-state index is 0.0607. The van der Waals surface area contributed by atoms with Crippen molar-refractivity contribution >= 4 is 17.3 Å². The van der Waals surface area contributed by atoms with Gasteiger partial charge in [-0.3, -0.25) is 9.48 Å². The third-order valence-electron chi connectivity index (χ3n) is 3.65. The number of nitrogens with one attached hydrogen (secondary N) is 2. The van der Waals surface area contributed by atoms with Crippen molar-refractivity contribution in [3.63, 3.8) is 0 Å². The first-order valence-electron chi connectivity index (χ1n) is 7.04. The lowest BCUT2D eigenvalue weighted by Crippen LogP contribution is -2.19. The van der Waals surface area contributed by atoms with Gasteiger partial charge >= 0.3 is 0 Å². The molecule has 1 aliphatic heterocycles. The van der Waals surface area contributed by atoms with Gasteiger partial charge in [0, 0.05) is 24.8 Å². The van der Waals surface area contributed by atoms with E-state index < -0.39 is 0 Å². The number of nitrogens with zero attached hydrogens (tertiary/aromatic N) is 2. The second-order valence-electron chi connectivity index (χ2n) is 5.03. The fraction of sp³-hybridized carbons (Fsp3) is 0.333. The monoisotopic (exact) mass is 288 g/mol. The molecule has 1 aliphatic rings. The standard InChI is InChI=1S/C15H17FN4O/c1-2-20-11(5-6-18-20)9-17-14-7-10-3-4-15(21)19-13(10)8-12(14)16/h5-8,17H,2-4,9H2,1H3,(H,19,21). The Bertz CT molecular complexity index is 680. The number of rotatable bonds is 4. The van der Waals surface area contributed by atoms with Gasteiger partial charge in [-0.05, 0) is 37.1 Å². The second-order valence-corrected chi connectivity index (χ2v) is 5.03. The van der Waals surface area contributed by atoms with Crippen LogP contribution in [0.15, 0.2) is 24.4 Å². The molecule has 0 saturated heterocycles. The molecule has 2 N–H and O–H groups in total. The highest BCUT2D eigenvalue weighted by Crippen LogP contribution is 2.28. The Labute approximate surface area is 122 Å². The van der Waals surface area contributed by atoms with Crippen LogP contribution >= 0.6 is 0 Å². The van der Waals surface area contributed by atoms with Crippen molar-refractivity contribution in [1.29, 1.82) is 0 Å². The number of benzene rings is 1.